The maximum atomic E-state index is 13.0. The Bertz CT molecular complexity index is 1230. The highest BCUT2D eigenvalue weighted by atomic mass is 32.1. The van der Waals surface area contributed by atoms with Crippen LogP contribution < -0.4 is 20.1 Å². The van der Waals surface area contributed by atoms with Crippen LogP contribution in [0.3, 0.4) is 0 Å². The molecule has 8 heteroatoms. The zero-order valence-electron chi connectivity index (χ0n) is 16.9. The standard InChI is InChI=1S/C23H20N2O5S/c1-28-18-10-9-14(12-19(18)29-2)24-23(27)22-21(16-7-3-4-8-17(16)30-22)25-20(26)13-15-6-5-11-31-15/h3-12H,13H2,1-2H3,(H,24,27)(H,25,26). The Kier molecular flexibility index (Phi) is 5.90. The highest BCUT2D eigenvalue weighted by Gasteiger charge is 2.23. The average Bonchev–Trinajstić information content (AvgIpc) is 3.41. The molecule has 4 aromatic rings. The zero-order chi connectivity index (χ0) is 21.8. The van der Waals surface area contributed by atoms with Crippen molar-refractivity contribution in [3.63, 3.8) is 0 Å². The molecule has 31 heavy (non-hydrogen) atoms. The molecule has 0 fully saturated rings. The predicted molar refractivity (Wildman–Crippen MR) is 120 cm³/mol. The van der Waals surface area contributed by atoms with Gasteiger partial charge in [-0.05, 0) is 35.7 Å². The van der Waals surface area contributed by atoms with Crippen molar-refractivity contribution in [2.75, 3.05) is 24.9 Å². The zero-order valence-corrected chi connectivity index (χ0v) is 17.7. The van der Waals surface area contributed by atoms with Gasteiger partial charge in [0.2, 0.25) is 11.7 Å². The molecule has 0 aliphatic rings. The maximum Gasteiger partial charge on any atom is 0.293 e. The van der Waals surface area contributed by atoms with E-state index in [0.29, 0.717) is 33.8 Å². The molecule has 2 aromatic carbocycles. The molecule has 0 bridgehead atoms. The lowest BCUT2D eigenvalue weighted by Crippen LogP contribution is -2.18. The number of fused-ring (bicyclic) bond motifs is 1. The summed E-state index contributed by atoms with van der Waals surface area (Å²) in [6, 6.07) is 16.0. The van der Waals surface area contributed by atoms with E-state index in [9.17, 15) is 9.59 Å². The monoisotopic (exact) mass is 436 g/mol. The van der Waals surface area contributed by atoms with Gasteiger partial charge in [0.1, 0.15) is 11.3 Å². The van der Waals surface area contributed by atoms with Gasteiger partial charge in [0.25, 0.3) is 5.91 Å². The second-order valence-electron chi connectivity index (χ2n) is 6.63. The van der Waals surface area contributed by atoms with Crippen molar-refractivity contribution in [1.82, 2.24) is 0 Å². The number of hydrogen-bond acceptors (Lipinski definition) is 6. The number of amides is 2. The van der Waals surface area contributed by atoms with Crippen molar-refractivity contribution >= 4 is 45.5 Å². The third-order valence-corrected chi connectivity index (χ3v) is 5.50. The van der Waals surface area contributed by atoms with E-state index in [1.165, 1.54) is 25.6 Å². The molecule has 0 spiro atoms. The van der Waals surface area contributed by atoms with Crippen molar-refractivity contribution in [3.05, 3.63) is 70.6 Å². The Morgan fingerprint density at radius 2 is 1.77 bits per heavy atom. The second-order valence-corrected chi connectivity index (χ2v) is 7.66. The molecule has 0 saturated heterocycles. The van der Waals surface area contributed by atoms with Crippen LogP contribution >= 0.6 is 11.3 Å². The number of furan rings is 1. The van der Waals surface area contributed by atoms with Crippen LogP contribution in [0.25, 0.3) is 11.0 Å². The van der Waals surface area contributed by atoms with Gasteiger partial charge in [-0.25, -0.2) is 0 Å². The molecule has 0 saturated carbocycles. The van der Waals surface area contributed by atoms with Crippen LogP contribution in [0, 0.1) is 0 Å². The lowest BCUT2D eigenvalue weighted by atomic mass is 10.2. The molecule has 0 aliphatic carbocycles. The number of para-hydroxylation sites is 1. The number of carbonyl (C=O) groups is 2. The van der Waals surface area contributed by atoms with Crippen molar-refractivity contribution in [1.29, 1.82) is 0 Å². The SMILES string of the molecule is COc1ccc(NC(=O)c2oc3ccccc3c2NC(=O)Cc2cccs2)cc1OC. The van der Waals surface area contributed by atoms with Crippen LogP contribution in [0.2, 0.25) is 0 Å². The number of thiophene rings is 1. The van der Waals surface area contributed by atoms with Gasteiger partial charge >= 0.3 is 0 Å². The van der Waals surface area contributed by atoms with Crippen molar-refractivity contribution in [2.24, 2.45) is 0 Å². The van der Waals surface area contributed by atoms with E-state index in [2.05, 4.69) is 10.6 Å². The summed E-state index contributed by atoms with van der Waals surface area (Å²) in [5.74, 6) is 0.333. The molecule has 0 aliphatic heterocycles. The molecular formula is C23H20N2O5S. The fourth-order valence-electron chi connectivity index (χ4n) is 3.19. The lowest BCUT2D eigenvalue weighted by molar-refractivity contribution is -0.115. The third-order valence-electron chi connectivity index (χ3n) is 4.62. The average molecular weight is 436 g/mol. The first kappa shape index (κ1) is 20.5. The fraction of sp³-hybridized carbons (Fsp3) is 0.130. The van der Waals surface area contributed by atoms with Crippen LogP contribution in [0.5, 0.6) is 11.5 Å². The van der Waals surface area contributed by atoms with E-state index < -0.39 is 5.91 Å². The van der Waals surface area contributed by atoms with E-state index >= 15 is 0 Å². The molecule has 2 aromatic heterocycles. The minimum absolute atomic E-state index is 0.0236. The Balaban J connectivity index is 1.63. The summed E-state index contributed by atoms with van der Waals surface area (Å²) in [7, 11) is 3.06. The van der Waals surface area contributed by atoms with Gasteiger partial charge in [-0.15, -0.1) is 11.3 Å². The molecule has 7 nitrogen and oxygen atoms in total. The van der Waals surface area contributed by atoms with E-state index in [-0.39, 0.29) is 18.1 Å². The highest BCUT2D eigenvalue weighted by Crippen LogP contribution is 2.33. The molecule has 158 valence electrons. The van der Waals surface area contributed by atoms with Crippen LogP contribution in [-0.4, -0.2) is 26.0 Å². The van der Waals surface area contributed by atoms with Gasteiger partial charge in [0.05, 0.1) is 20.6 Å². The van der Waals surface area contributed by atoms with Gasteiger partial charge < -0.3 is 24.5 Å². The summed E-state index contributed by atoms with van der Waals surface area (Å²) < 4.78 is 16.3. The second kappa shape index (κ2) is 8.93. The Hall–Kier alpha value is -3.78. The number of methoxy groups -OCH3 is 2. The fourth-order valence-corrected chi connectivity index (χ4v) is 3.89. The Morgan fingerprint density at radius 1 is 0.968 bits per heavy atom. The minimum Gasteiger partial charge on any atom is -0.493 e. The number of anilines is 2. The van der Waals surface area contributed by atoms with Crippen LogP contribution in [-0.2, 0) is 11.2 Å². The minimum atomic E-state index is -0.491. The first-order valence-corrected chi connectivity index (χ1v) is 10.3. The van der Waals surface area contributed by atoms with Crippen molar-refractivity contribution in [3.8, 4) is 11.5 Å². The highest BCUT2D eigenvalue weighted by molar-refractivity contribution is 7.10. The molecule has 0 radical (unpaired) electrons. The number of hydrogen-bond donors (Lipinski definition) is 2. The Morgan fingerprint density at radius 3 is 2.52 bits per heavy atom. The van der Waals surface area contributed by atoms with E-state index in [1.807, 2.05) is 23.6 Å². The molecule has 4 rings (SSSR count). The van der Waals surface area contributed by atoms with Gasteiger partial charge in [0.15, 0.2) is 11.5 Å². The first-order chi connectivity index (χ1) is 15.1. The lowest BCUT2D eigenvalue weighted by Gasteiger charge is -2.10. The van der Waals surface area contributed by atoms with E-state index in [0.717, 1.165) is 4.88 Å². The summed E-state index contributed by atoms with van der Waals surface area (Å²) in [4.78, 5) is 26.6. The summed E-state index contributed by atoms with van der Waals surface area (Å²) in [5, 5.41) is 8.20. The van der Waals surface area contributed by atoms with Crippen molar-refractivity contribution < 1.29 is 23.5 Å². The van der Waals surface area contributed by atoms with Gasteiger partial charge in [-0.1, -0.05) is 18.2 Å². The number of benzene rings is 2. The number of nitrogens with one attached hydrogen (secondary N) is 2. The summed E-state index contributed by atoms with van der Waals surface area (Å²) >= 11 is 1.50. The number of rotatable bonds is 7. The smallest absolute Gasteiger partial charge is 0.293 e. The topological polar surface area (TPSA) is 89.8 Å². The van der Waals surface area contributed by atoms with Crippen LogP contribution in [0.1, 0.15) is 15.4 Å². The number of carbonyl (C=O) groups excluding carboxylic acids is 2. The van der Waals surface area contributed by atoms with E-state index in [1.54, 1.807) is 36.4 Å². The van der Waals surface area contributed by atoms with Gasteiger partial charge in [-0.2, -0.15) is 0 Å². The molecule has 0 atom stereocenters. The summed E-state index contributed by atoms with van der Waals surface area (Å²) in [6.07, 6.45) is 0.216. The summed E-state index contributed by atoms with van der Waals surface area (Å²) in [5.41, 5.74) is 1.35. The predicted octanol–water partition coefficient (Wildman–Crippen LogP) is 4.95. The van der Waals surface area contributed by atoms with Crippen molar-refractivity contribution in [2.45, 2.75) is 6.42 Å². The maximum absolute atomic E-state index is 13.0. The molecule has 2 heterocycles. The Labute approximate surface area is 182 Å². The van der Waals surface area contributed by atoms with Gasteiger partial charge in [0, 0.05) is 22.0 Å². The van der Waals surface area contributed by atoms with Gasteiger partial charge in [-0.3, -0.25) is 9.59 Å². The quantitative estimate of drug-likeness (QED) is 0.428. The number of ether oxygens (including phenoxy) is 2. The van der Waals surface area contributed by atoms with E-state index in [4.69, 9.17) is 13.9 Å². The summed E-state index contributed by atoms with van der Waals surface area (Å²) in [6.45, 7) is 0. The molecule has 2 amide bonds. The normalized spacial score (nSPS) is 10.6. The molecule has 0 unspecified atom stereocenters. The third kappa shape index (κ3) is 4.39. The van der Waals surface area contributed by atoms with Crippen LogP contribution in [0.15, 0.2) is 64.4 Å². The molecule has 2 N–H and O–H groups in total. The van der Waals surface area contributed by atoms with Crippen LogP contribution in [0.4, 0.5) is 11.4 Å². The largest absolute Gasteiger partial charge is 0.493 e. The molecular weight excluding hydrogens is 416 g/mol. The first-order valence-electron chi connectivity index (χ1n) is 9.46.